The van der Waals surface area contributed by atoms with E-state index in [9.17, 15) is 4.79 Å². The Balaban J connectivity index is 1.82. The van der Waals surface area contributed by atoms with Crippen LogP contribution in [0.2, 0.25) is 0 Å². The predicted octanol–water partition coefficient (Wildman–Crippen LogP) is 2.59. The van der Waals surface area contributed by atoms with Gasteiger partial charge in [0, 0.05) is 19.4 Å². The molecule has 0 spiro atoms. The molecule has 0 unspecified atom stereocenters. The molecule has 0 aliphatic heterocycles. The SMILES string of the molecule is CCC[C@H](NC(=O)COCc1ccccc1)c1nccn1C. The summed E-state index contributed by atoms with van der Waals surface area (Å²) < 4.78 is 7.40. The first kappa shape index (κ1) is 16.2. The zero-order valence-corrected chi connectivity index (χ0v) is 13.2. The van der Waals surface area contributed by atoms with Gasteiger partial charge in [-0.05, 0) is 12.0 Å². The molecule has 1 heterocycles. The zero-order chi connectivity index (χ0) is 15.8. The Morgan fingerprint density at radius 2 is 2.14 bits per heavy atom. The van der Waals surface area contributed by atoms with Gasteiger partial charge in [-0.25, -0.2) is 4.98 Å². The van der Waals surface area contributed by atoms with E-state index in [1.165, 1.54) is 0 Å². The maximum atomic E-state index is 12.1. The van der Waals surface area contributed by atoms with E-state index in [0.29, 0.717) is 6.61 Å². The van der Waals surface area contributed by atoms with Gasteiger partial charge in [0.05, 0.1) is 12.6 Å². The van der Waals surface area contributed by atoms with Crippen LogP contribution in [0, 0.1) is 0 Å². The molecular formula is C17H23N3O2. The molecule has 1 aromatic heterocycles. The number of rotatable bonds is 8. The summed E-state index contributed by atoms with van der Waals surface area (Å²) in [5.74, 6) is 0.760. The van der Waals surface area contributed by atoms with Gasteiger partial charge in [0.1, 0.15) is 12.4 Å². The molecule has 0 fully saturated rings. The molecule has 1 atom stereocenters. The number of hydrogen-bond acceptors (Lipinski definition) is 3. The van der Waals surface area contributed by atoms with E-state index < -0.39 is 0 Å². The van der Waals surface area contributed by atoms with Crippen molar-refractivity contribution in [3.8, 4) is 0 Å². The molecular weight excluding hydrogens is 278 g/mol. The number of aromatic nitrogens is 2. The molecule has 5 heteroatoms. The quantitative estimate of drug-likeness (QED) is 0.815. The van der Waals surface area contributed by atoms with Gasteiger partial charge in [0.2, 0.25) is 5.91 Å². The molecule has 0 saturated carbocycles. The first-order chi connectivity index (χ1) is 10.7. The minimum absolute atomic E-state index is 0.0551. The van der Waals surface area contributed by atoms with Gasteiger partial charge in [-0.1, -0.05) is 43.7 Å². The molecule has 0 radical (unpaired) electrons. The van der Waals surface area contributed by atoms with E-state index in [1.807, 2.05) is 48.1 Å². The molecule has 1 aromatic carbocycles. The monoisotopic (exact) mass is 301 g/mol. The minimum Gasteiger partial charge on any atom is -0.367 e. The summed E-state index contributed by atoms with van der Waals surface area (Å²) in [4.78, 5) is 16.4. The number of ether oxygens (including phenoxy) is 1. The Bertz CT molecular complexity index is 581. The molecule has 22 heavy (non-hydrogen) atoms. The van der Waals surface area contributed by atoms with Crippen molar-refractivity contribution < 1.29 is 9.53 Å². The predicted molar refractivity (Wildman–Crippen MR) is 85.1 cm³/mol. The average Bonchev–Trinajstić information content (AvgIpc) is 2.94. The van der Waals surface area contributed by atoms with Crippen molar-refractivity contribution in [2.24, 2.45) is 7.05 Å². The Kier molecular flexibility index (Phi) is 6.15. The fraction of sp³-hybridized carbons (Fsp3) is 0.412. The highest BCUT2D eigenvalue weighted by Crippen LogP contribution is 2.15. The first-order valence-electron chi connectivity index (χ1n) is 7.59. The highest BCUT2D eigenvalue weighted by molar-refractivity contribution is 5.77. The van der Waals surface area contributed by atoms with Gasteiger partial charge in [-0.2, -0.15) is 0 Å². The van der Waals surface area contributed by atoms with E-state index in [0.717, 1.165) is 24.2 Å². The summed E-state index contributed by atoms with van der Waals surface area (Å²) in [7, 11) is 1.93. The third-order valence-corrected chi connectivity index (χ3v) is 3.43. The maximum Gasteiger partial charge on any atom is 0.246 e. The zero-order valence-electron chi connectivity index (χ0n) is 13.2. The van der Waals surface area contributed by atoms with Crippen LogP contribution >= 0.6 is 0 Å². The van der Waals surface area contributed by atoms with Crippen molar-refractivity contribution in [1.29, 1.82) is 0 Å². The lowest BCUT2D eigenvalue weighted by Gasteiger charge is -2.18. The normalized spacial score (nSPS) is 12.1. The van der Waals surface area contributed by atoms with Crippen LogP contribution in [0.25, 0.3) is 0 Å². The second kappa shape index (κ2) is 8.34. The van der Waals surface area contributed by atoms with Crippen molar-refractivity contribution >= 4 is 5.91 Å². The lowest BCUT2D eigenvalue weighted by Crippen LogP contribution is -2.33. The summed E-state index contributed by atoms with van der Waals surface area (Å²) in [5.41, 5.74) is 1.06. The van der Waals surface area contributed by atoms with Gasteiger partial charge in [-0.15, -0.1) is 0 Å². The molecule has 0 aliphatic rings. The molecule has 2 rings (SSSR count). The van der Waals surface area contributed by atoms with Crippen LogP contribution in [0.1, 0.15) is 37.2 Å². The Morgan fingerprint density at radius 1 is 1.36 bits per heavy atom. The number of imidazole rings is 1. The van der Waals surface area contributed by atoms with Crippen LogP contribution < -0.4 is 5.32 Å². The lowest BCUT2D eigenvalue weighted by atomic mass is 10.1. The van der Waals surface area contributed by atoms with Crippen LogP contribution in [0.4, 0.5) is 0 Å². The summed E-state index contributed by atoms with van der Waals surface area (Å²) in [6, 6.07) is 9.75. The standard InChI is InChI=1S/C17H23N3O2/c1-3-7-15(17-18-10-11-20(17)2)19-16(21)13-22-12-14-8-5-4-6-9-14/h4-6,8-11,15H,3,7,12-13H2,1-2H3,(H,19,21)/t15-/m0/s1. The highest BCUT2D eigenvalue weighted by Gasteiger charge is 2.17. The number of nitrogens with one attached hydrogen (secondary N) is 1. The van der Waals surface area contributed by atoms with Gasteiger partial charge >= 0.3 is 0 Å². The largest absolute Gasteiger partial charge is 0.367 e. The smallest absolute Gasteiger partial charge is 0.246 e. The average molecular weight is 301 g/mol. The van der Waals surface area contributed by atoms with Gasteiger partial charge in [0.25, 0.3) is 0 Å². The minimum atomic E-state index is -0.114. The molecule has 0 saturated heterocycles. The van der Waals surface area contributed by atoms with Crippen LogP contribution in [0.15, 0.2) is 42.7 Å². The van der Waals surface area contributed by atoms with Gasteiger partial charge in [-0.3, -0.25) is 4.79 Å². The Labute approximate surface area is 131 Å². The topological polar surface area (TPSA) is 56.1 Å². The third kappa shape index (κ3) is 4.70. The number of nitrogens with zero attached hydrogens (tertiary/aromatic N) is 2. The van der Waals surface area contributed by atoms with Crippen molar-refractivity contribution in [3.63, 3.8) is 0 Å². The number of benzene rings is 1. The number of aryl methyl sites for hydroxylation is 1. The van der Waals surface area contributed by atoms with E-state index in [-0.39, 0.29) is 18.6 Å². The molecule has 1 N–H and O–H groups in total. The number of carbonyl (C=O) groups is 1. The number of hydrogen-bond donors (Lipinski definition) is 1. The van der Waals surface area contributed by atoms with Crippen LogP contribution in [-0.2, 0) is 23.2 Å². The van der Waals surface area contributed by atoms with Crippen LogP contribution in [0.3, 0.4) is 0 Å². The van der Waals surface area contributed by atoms with Crippen molar-refractivity contribution in [2.45, 2.75) is 32.4 Å². The molecule has 2 aromatic rings. The second-order valence-electron chi connectivity index (χ2n) is 5.28. The molecule has 1 amide bonds. The highest BCUT2D eigenvalue weighted by atomic mass is 16.5. The molecule has 0 aliphatic carbocycles. The molecule has 0 bridgehead atoms. The summed E-state index contributed by atoms with van der Waals surface area (Å²) in [6.07, 6.45) is 5.46. The fourth-order valence-corrected chi connectivity index (χ4v) is 2.34. The van der Waals surface area contributed by atoms with Crippen LogP contribution in [0.5, 0.6) is 0 Å². The summed E-state index contributed by atoms with van der Waals surface area (Å²) >= 11 is 0. The van der Waals surface area contributed by atoms with E-state index >= 15 is 0 Å². The maximum absolute atomic E-state index is 12.1. The van der Waals surface area contributed by atoms with Crippen LogP contribution in [-0.4, -0.2) is 22.1 Å². The van der Waals surface area contributed by atoms with Crippen molar-refractivity contribution in [3.05, 3.63) is 54.1 Å². The Morgan fingerprint density at radius 3 is 2.77 bits per heavy atom. The van der Waals surface area contributed by atoms with E-state index in [4.69, 9.17) is 4.74 Å². The second-order valence-corrected chi connectivity index (χ2v) is 5.28. The summed E-state index contributed by atoms with van der Waals surface area (Å²) in [5, 5.41) is 3.00. The van der Waals surface area contributed by atoms with Crippen molar-refractivity contribution in [2.75, 3.05) is 6.61 Å². The van der Waals surface area contributed by atoms with E-state index in [1.54, 1.807) is 6.20 Å². The molecule has 118 valence electrons. The number of carbonyl (C=O) groups excluding carboxylic acids is 1. The van der Waals surface area contributed by atoms with Crippen molar-refractivity contribution in [1.82, 2.24) is 14.9 Å². The van der Waals surface area contributed by atoms with Gasteiger partial charge in [0.15, 0.2) is 0 Å². The van der Waals surface area contributed by atoms with Gasteiger partial charge < -0.3 is 14.6 Å². The lowest BCUT2D eigenvalue weighted by molar-refractivity contribution is -0.127. The third-order valence-electron chi connectivity index (χ3n) is 3.43. The fourth-order valence-electron chi connectivity index (χ4n) is 2.34. The summed E-state index contributed by atoms with van der Waals surface area (Å²) in [6.45, 7) is 2.59. The van der Waals surface area contributed by atoms with E-state index in [2.05, 4.69) is 17.2 Å². The number of amides is 1. The molecule has 5 nitrogen and oxygen atoms in total. The Hall–Kier alpha value is -2.14. The first-order valence-corrected chi connectivity index (χ1v) is 7.59.